The number of nitrogens with zero attached hydrogens (tertiary/aromatic N) is 4. The molecule has 7 nitrogen and oxygen atoms in total. The maximum atomic E-state index is 12.6. The molecule has 0 radical (unpaired) electrons. The van der Waals surface area contributed by atoms with Gasteiger partial charge in [-0.3, -0.25) is 9.78 Å². The van der Waals surface area contributed by atoms with Crippen molar-refractivity contribution >= 4 is 5.91 Å². The molecule has 1 aliphatic rings. The van der Waals surface area contributed by atoms with Gasteiger partial charge >= 0.3 is 0 Å². The van der Waals surface area contributed by atoms with Crippen LogP contribution in [0.1, 0.15) is 22.5 Å². The highest BCUT2D eigenvalue weighted by Gasteiger charge is 2.30. The highest BCUT2D eigenvalue weighted by molar-refractivity contribution is 5.95. The van der Waals surface area contributed by atoms with E-state index in [-0.39, 0.29) is 12.0 Å². The number of hydrogen-bond acceptors (Lipinski definition) is 6. The van der Waals surface area contributed by atoms with Gasteiger partial charge in [0.05, 0.1) is 19.2 Å². The minimum atomic E-state index is -0.124. The Bertz CT molecular complexity index is 707. The maximum Gasteiger partial charge on any atom is 0.278 e. The third kappa shape index (κ3) is 3.23. The van der Waals surface area contributed by atoms with Gasteiger partial charge in [0.1, 0.15) is 6.10 Å². The van der Waals surface area contributed by atoms with Gasteiger partial charge in [-0.2, -0.15) is 0 Å². The van der Waals surface area contributed by atoms with Crippen LogP contribution >= 0.6 is 0 Å². The third-order valence-electron chi connectivity index (χ3n) is 3.77. The molecular formula is C16H18N4O3. The van der Waals surface area contributed by atoms with Crippen LogP contribution in [0.4, 0.5) is 0 Å². The van der Waals surface area contributed by atoms with Crippen molar-refractivity contribution in [3.63, 3.8) is 0 Å². The molecule has 0 bridgehead atoms. The van der Waals surface area contributed by atoms with Crippen molar-refractivity contribution < 1.29 is 14.3 Å². The minimum absolute atomic E-state index is 0.0205. The zero-order chi connectivity index (χ0) is 16.2. The highest BCUT2D eigenvalue weighted by atomic mass is 16.5. The summed E-state index contributed by atoms with van der Waals surface area (Å²) < 4.78 is 11.0. The third-order valence-corrected chi connectivity index (χ3v) is 3.77. The van der Waals surface area contributed by atoms with Crippen LogP contribution in [-0.2, 0) is 0 Å². The van der Waals surface area contributed by atoms with Crippen LogP contribution in [0.15, 0.2) is 30.7 Å². The molecule has 7 heteroatoms. The molecule has 0 aliphatic carbocycles. The first-order chi connectivity index (χ1) is 11.2. The van der Waals surface area contributed by atoms with E-state index in [0.717, 1.165) is 12.1 Å². The van der Waals surface area contributed by atoms with E-state index in [1.165, 1.54) is 7.11 Å². The fourth-order valence-corrected chi connectivity index (χ4v) is 2.58. The van der Waals surface area contributed by atoms with Gasteiger partial charge in [0.2, 0.25) is 0 Å². The van der Waals surface area contributed by atoms with E-state index >= 15 is 0 Å². The number of ether oxygens (including phenoxy) is 2. The first kappa shape index (κ1) is 15.2. The molecule has 0 saturated carbocycles. The molecule has 2 aromatic rings. The fourth-order valence-electron chi connectivity index (χ4n) is 2.58. The molecule has 3 rings (SSSR count). The summed E-state index contributed by atoms with van der Waals surface area (Å²) in [4.78, 5) is 26.7. The van der Waals surface area contributed by atoms with Crippen molar-refractivity contribution in [2.45, 2.75) is 19.4 Å². The van der Waals surface area contributed by atoms with Crippen LogP contribution in [-0.4, -0.2) is 52.1 Å². The van der Waals surface area contributed by atoms with Gasteiger partial charge in [-0.25, -0.2) is 9.97 Å². The van der Waals surface area contributed by atoms with Crippen molar-refractivity contribution in [3.05, 3.63) is 42.0 Å². The van der Waals surface area contributed by atoms with E-state index < -0.39 is 0 Å². The van der Waals surface area contributed by atoms with Crippen LogP contribution in [0, 0.1) is 6.92 Å². The van der Waals surface area contributed by atoms with Crippen LogP contribution in [0.2, 0.25) is 0 Å². The van der Waals surface area contributed by atoms with Crippen molar-refractivity contribution in [3.8, 4) is 11.8 Å². The van der Waals surface area contributed by atoms with Crippen molar-refractivity contribution in [1.29, 1.82) is 0 Å². The second-order valence-electron chi connectivity index (χ2n) is 5.29. The number of pyridine rings is 1. The molecule has 1 aliphatic heterocycles. The topological polar surface area (TPSA) is 77.4 Å². The summed E-state index contributed by atoms with van der Waals surface area (Å²) in [6, 6.07) is 3.57. The molecule has 0 unspecified atom stereocenters. The number of likely N-dealkylation sites (tertiary alicyclic amines) is 1. The van der Waals surface area contributed by atoms with Crippen molar-refractivity contribution in [2.75, 3.05) is 20.2 Å². The van der Waals surface area contributed by atoms with Gasteiger partial charge in [-0.05, 0) is 19.1 Å². The van der Waals surface area contributed by atoms with Gasteiger partial charge in [-0.1, -0.05) is 0 Å². The SMILES string of the molecule is COc1nccnc1O[C@H]1CCN(C(=O)c2cccnc2C)C1. The zero-order valence-electron chi connectivity index (χ0n) is 13.1. The number of hydrogen-bond donors (Lipinski definition) is 0. The Morgan fingerprint density at radius 1 is 1.22 bits per heavy atom. The Morgan fingerprint density at radius 2 is 2.00 bits per heavy atom. The summed E-state index contributed by atoms with van der Waals surface area (Å²) in [6.45, 7) is 2.98. The van der Waals surface area contributed by atoms with Crippen LogP contribution in [0.3, 0.4) is 0 Å². The lowest BCUT2D eigenvalue weighted by Crippen LogP contribution is -2.31. The summed E-state index contributed by atoms with van der Waals surface area (Å²) in [5, 5.41) is 0. The van der Waals surface area contributed by atoms with Crippen LogP contribution in [0.5, 0.6) is 11.8 Å². The maximum absolute atomic E-state index is 12.6. The predicted octanol–water partition coefficient (Wildman–Crippen LogP) is 1.48. The largest absolute Gasteiger partial charge is 0.477 e. The predicted molar refractivity (Wildman–Crippen MR) is 82.5 cm³/mol. The average Bonchev–Trinajstić information content (AvgIpc) is 3.04. The molecule has 1 saturated heterocycles. The number of amides is 1. The van der Waals surface area contributed by atoms with Crippen molar-refractivity contribution in [1.82, 2.24) is 19.9 Å². The first-order valence-electron chi connectivity index (χ1n) is 7.41. The van der Waals surface area contributed by atoms with E-state index in [0.29, 0.717) is 30.4 Å². The van der Waals surface area contributed by atoms with Gasteiger partial charge in [0.25, 0.3) is 17.7 Å². The van der Waals surface area contributed by atoms with Crippen LogP contribution in [0.25, 0.3) is 0 Å². The van der Waals surface area contributed by atoms with Gasteiger partial charge in [0, 0.05) is 37.3 Å². The van der Waals surface area contributed by atoms with E-state index in [4.69, 9.17) is 9.47 Å². The molecule has 3 heterocycles. The molecule has 1 atom stereocenters. The molecule has 1 fully saturated rings. The monoisotopic (exact) mass is 314 g/mol. The number of rotatable bonds is 4. The molecular weight excluding hydrogens is 296 g/mol. The molecule has 0 N–H and O–H groups in total. The average molecular weight is 314 g/mol. The molecule has 1 amide bonds. The normalized spacial score (nSPS) is 17.1. The number of carbonyl (C=O) groups is 1. The second-order valence-corrected chi connectivity index (χ2v) is 5.29. The number of carbonyl (C=O) groups excluding carboxylic acids is 1. The second kappa shape index (κ2) is 6.60. The Balaban J connectivity index is 1.67. The Labute approximate surface area is 134 Å². The summed E-state index contributed by atoms with van der Waals surface area (Å²) in [5.41, 5.74) is 1.36. The van der Waals surface area contributed by atoms with Gasteiger partial charge in [0.15, 0.2) is 0 Å². The summed E-state index contributed by atoms with van der Waals surface area (Å²) in [5.74, 6) is 0.681. The molecule has 2 aromatic heterocycles. The number of methoxy groups -OCH3 is 1. The number of aromatic nitrogens is 3. The molecule has 0 spiro atoms. The first-order valence-corrected chi connectivity index (χ1v) is 7.41. The molecule has 23 heavy (non-hydrogen) atoms. The molecule has 120 valence electrons. The van der Waals surface area contributed by atoms with Gasteiger partial charge < -0.3 is 14.4 Å². The quantitative estimate of drug-likeness (QED) is 0.851. The Morgan fingerprint density at radius 3 is 2.74 bits per heavy atom. The summed E-state index contributed by atoms with van der Waals surface area (Å²) in [6.07, 6.45) is 5.39. The fraction of sp³-hybridized carbons (Fsp3) is 0.375. The standard InChI is InChI=1S/C16H18N4O3/c1-11-13(4-3-6-17-11)16(21)20-9-5-12(10-20)23-15-14(22-2)18-7-8-19-15/h3-4,6-8,12H,5,9-10H2,1-2H3/t12-/m0/s1. The molecule has 0 aromatic carbocycles. The highest BCUT2D eigenvalue weighted by Crippen LogP contribution is 2.24. The number of aryl methyl sites for hydroxylation is 1. The lowest BCUT2D eigenvalue weighted by Gasteiger charge is -2.18. The van der Waals surface area contributed by atoms with Crippen molar-refractivity contribution in [2.24, 2.45) is 0 Å². The zero-order valence-corrected chi connectivity index (χ0v) is 13.1. The minimum Gasteiger partial charge on any atom is -0.477 e. The van der Waals surface area contributed by atoms with Crippen LogP contribution < -0.4 is 9.47 Å². The van der Waals surface area contributed by atoms with E-state index in [2.05, 4.69) is 15.0 Å². The van der Waals surface area contributed by atoms with Gasteiger partial charge in [-0.15, -0.1) is 0 Å². The Hall–Kier alpha value is -2.70. The van der Waals surface area contributed by atoms with E-state index in [1.54, 1.807) is 35.6 Å². The van der Waals surface area contributed by atoms with E-state index in [9.17, 15) is 4.79 Å². The van der Waals surface area contributed by atoms with E-state index in [1.807, 2.05) is 6.92 Å². The lowest BCUT2D eigenvalue weighted by atomic mass is 10.2. The lowest BCUT2D eigenvalue weighted by molar-refractivity contribution is 0.0769. The summed E-state index contributed by atoms with van der Waals surface area (Å²) in [7, 11) is 1.52. The smallest absolute Gasteiger partial charge is 0.278 e. The summed E-state index contributed by atoms with van der Waals surface area (Å²) >= 11 is 0. The Kier molecular flexibility index (Phi) is 4.36.